The van der Waals surface area contributed by atoms with Crippen LogP contribution in [0.15, 0.2) is 0 Å². The lowest BCUT2D eigenvalue weighted by Crippen LogP contribution is -2.43. The first-order valence-electron chi connectivity index (χ1n) is 11.5. The fraction of sp³-hybridized carbons (Fsp3) is 0.955. The van der Waals surface area contributed by atoms with Crippen LogP contribution >= 0.6 is 0 Å². The molecule has 1 aliphatic rings. The number of aliphatic hydroxyl groups is 3. The van der Waals surface area contributed by atoms with Crippen molar-refractivity contribution in [1.82, 2.24) is 0 Å². The summed E-state index contributed by atoms with van der Waals surface area (Å²) in [5.74, 6) is -0.841. The molecule has 172 valence electrons. The van der Waals surface area contributed by atoms with E-state index in [9.17, 15) is 20.1 Å². The molecular weight excluding hydrogens is 376 g/mol. The van der Waals surface area contributed by atoms with E-state index in [4.69, 9.17) is 14.2 Å². The molecule has 3 N–H and O–H groups in total. The second-order valence-electron chi connectivity index (χ2n) is 7.97. The average Bonchev–Trinajstić information content (AvgIpc) is 3.00. The zero-order valence-electron chi connectivity index (χ0n) is 18.3. The molecule has 1 saturated heterocycles. The van der Waals surface area contributed by atoms with Gasteiger partial charge in [0.25, 0.3) is 0 Å². The van der Waals surface area contributed by atoms with Gasteiger partial charge in [-0.05, 0) is 12.8 Å². The topological polar surface area (TPSA) is 105 Å². The van der Waals surface area contributed by atoms with Gasteiger partial charge in [0.05, 0.1) is 6.61 Å². The van der Waals surface area contributed by atoms with Gasteiger partial charge in [-0.25, -0.2) is 4.79 Å². The highest BCUT2D eigenvalue weighted by molar-refractivity contribution is 5.75. The van der Waals surface area contributed by atoms with Crippen molar-refractivity contribution in [3.63, 3.8) is 0 Å². The van der Waals surface area contributed by atoms with Gasteiger partial charge in [0, 0.05) is 6.61 Å². The number of carbonyl (C=O) groups is 1. The number of carbonyl (C=O) groups excluding carboxylic acids is 1. The molecule has 7 nitrogen and oxygen atoms in total. The Bertz CT molecular complexity index is 418. The van der Waals surface area contributed by atoms with E-state index in [1.165, 1.54) is 38.5 Å². The van der Waals surface area contributed by atoms with Crippen molar-refractivity contribution in [2.75, 3.05) is 13.2 Å². The number of rotatable bonds is 17. The van der Waals surface area contributed by atoms with Gasteiger partial charge in [-0.1, -0.05) is 78.1 Å². The third-order valence-corrected chi connectivity index (χ3v) is 5.33. The van der Waals surface area contributed by atoms with Crippen LogP contribution in [0.25, 0.3) is 0 Å². The van der Waals surface area contributed by atoms with Crippen molar-refractivity contribution in [2.24, 2.45) is 0 Å². The van der Waals surface area contributed by atoms with Crippen LogP contribution in [-0.2, 0) is 19.0 Å². The summed E-state index contributed by atoms with van der Waals surface area (Å²) in [6.45, 7) is 4.95. The Morgan fingerprint density at radius 3 is 1.93 bits per heavy atom. The summed E-state index contributed by atoms with van der Waals surface area (Å²) < 4.78 is 16.0. The summed E-state index contributed by atoms with van der Waals surface area (Å²) in [5.41, 5.74) is 0. The number of ether oxygens (including phenoxy) is 3. The number of aliphatic hydroxyl groups excluding tert-OH is 3. The van der Waals surface area contributed by atoms with Gasteiger partial charge in [-0.2, -0.15) is 0 Å². The van der Waals surface area contributed by atoms with Crippen molar-refractivity contribution >= 4 is 5.97 Å². The third-order valence-electron chi connectivity index (χ3n) is 5.33. The molecule has 0 aromatic carbocycles. The molecule has 1 fully saturated rings. The molecule has 0 radical (unpaired) electrons. The van der Waals surface area contributed by atoms with E-state index in [1.54, 1.807) is 0 Å². The molecule has 0 unspecified atom stereocenters. The summed E-state index contributed by atoms with van der Waals surface area (Å²) in [7, 11) is 0. The molecule has 1 aliphatic heterocycles. The standard InChI is InChI=1S/C22H42O7/c1-3-5-7-9-11-13-15-27-21(26)19(25)20-17(23)18(24)22(29-20)28-16-14-12-10-8-6-4-2/h17-20,22-25H,3-16H2,1-2H3/t17-,18-,19+,20-,22+/m1/s1. The van der Waals surface area contributed by atoms with Crippen LogP contribution < -0.4 is 0 Å². The van der Waals surface area contributed by atoms with Crippen LogP contribution in [0.5, 0.6) is 0 Å². The molecule has 0 bridgehead atoms. The van der Waals surface area contributed by atoms with Gasteiger partial charge < -0.3 is 29.5 Å². The molecule has 29 heavy (non-hydrogen) atoms. The molecule has 1 rings (SSSR count). The SMILES string of the molecule is CCCCCCCCOC(=O)[C@@H](O)[C@@H]1O[C@H](OCCCCCCCC)[C@H](O)[C@H]1O. The maximum atomic E-state index is 12.0. The largest absolute Gasteiger partial charge is 0.464 e. The van der Waals surface area contributed by atoms with E-state index < -0.39 is 36.7 Å². The average molecular weight is 419 g/mol. The van der Waals surface area contributed by atoms with Gasteiger partial charge >= 0.3 is 5.97 Å². The Morgan fingerprint density at radius 1 is 0.828 bits per heavy atom. The van der Waals surface area contributed by atoms with Gasteiger partial charge in [0.2, 0.25) is 0 Å². The lowest BCUT2D eigenvalue weighted by Gasteiger charge is -2.19. The number of hydrogen-bond donors (Lipinski definition) is 3. The van der Waals surface area contributed by atoms with Gasteiger partial charge in [-0.15, -0.1) is 0 Å². The van der Waals surface area contributed by atoms with E-state index in [-0.39, 0.29) is 6.61 Å². The summed E-state index contributed by atoms with van der Waals surface area (Å²) >= 11 is 0. The van der Waals surface area contributed by atoms with Crippen LogP contribution in [0.3, 0.4) is 0 Å². The van der Waals surface area contributed by atoms with Gasteiger partial charge in [-0.3, -0.25) is 0 Å². The highest BCUT2D eigenvalue weighted by Crippen LogP contribution is 2.25. The smallest absolute Gasteiger partial charge is 0.337 e. The van der Waals surface area contributed by atoms with Gasteiger partial charge in [0.1, 0.15) is 18.3 Å². The summed E-state index contributed by atoms with van der Waals surface area (Å²) in [5, 5.41) is 30.4. The molecule has 0 aromatic heterocycles. The Hall–Kier alpha value is -0.730. The first-order chi connectivity index (χ1) is 14.0. The number of esters is 1. The van der Waals surface area contributed by atoms with Crippen molar-refractivity contribution in [2.45, 2.75) is 122 Å². The van der Waals surface area contributed by atoms with E-state index in [1.807, 2.05) is 0 Å². The lowest BCUT2D eigenvalue weighted by atomic mass is 10.1. The number of hydrogen-bond acceptors (Lipinski definition) is 7. The highest BCUT2D eigenvalue weighted by Gasteiger charge is 2.49. The summed E-state index contributed by atoms with van der Waals surface area (Å²) in [4.78, 5) is 12.0. The molecule has 0 spiro atoms. The molecular formula is C22H42O7. The molecule has 1 heterocycles. The fourth-order valence-corrected chi connectivity index (χ4v) is 3.43. The quantitative estimate of drug-likeness (QED) is 0.246. The maximum Gasteiger partial charge on any atom is 0.337 e. The molecule has 0 aliphatic carbocycles. The molecule has 0 saturated carbocycles. The zero-order chi connectivity index (χ0) is 21.5. The second kappa shape index (κ2) is 16.0. The Labute approximate surface area is 175 Å². The molecule has 0 aromatic rings. The Balaban J connectivity index is 2.24. The first-order valence-corrected chi connectivity index (χ1v) is 11.5. The van der Waals surface area contributed by atoms with Crippen molar-refractivity contribution in [3.8, 4) is 0 Å². The van der Waals surface area contributed by atoms with E-state index in [0.29, 0.717) is 6.61 Å². The summed E-state index contributed by atoms with van der Waals surface area (Å²) in [6, 6.07) is 0. The highest BCUT2D eigenvalue weighted by atomic mass is 16.7. The first kappa shape index (κ1) is 26.3. The zero-order valence-corrected chi connectivity index (χ0v) is 18.3. The maximum absolute atomic E-state index is 12.0. The van der Waals surface area contributed by atoms with Gasteiger partial charge in [0.15, 0.2) is 12.4 Å². The minimum Gasteiger partial charge on any atom is -0.464 e. The molecule has 7 heteroatoms. The van der Waals surface area contributed by atoms with Crippen LogP contribution in [0.1, 0.15) is 90.9 Å². The van der Waals surface area contributed by atoms with Crippen LogP contribution in [0.4, 0.5) is 0 Å². The van der Waals surface area contributed by atoms with E-state index in [0.717, 1.165) is 38.5 Å². The predicted octanol–water partition coefficient (Wildman–Crippen LogP) is 3.07. The second-order valence-corrected chi connectivity index (χ2v) is 7.97. The minimum absolute atomic E-state index is 0.228. The van der Waals surface area contributed by atoms with E-state index in [2.05, 4.69) is 13.8 Å². The monoisotopic (exact) mass is 418 g/mol. The van der Waals surface area contributed by atoms with E-state index >= 15 is 0 Å². The minimum atomic E-state index is -1.65. The normalized spacial score (nSPS) is 25.3. The van der Waals surface area contributed by atoms with Crippen molar-refractivity contribution < 1.29 is 34.3 Å². The van der Waals surface area contributed by atoms with Crippen LogP contribution in [0, 0.1) is 0 Å². The molecule has 5 atom stereocenters. The third kappa shape index (κ3) is 10.2. The van der Waals surface area contributed by atoms with Crippen LogP contribution in [-0.4, -0.2) is 65.2 Å². The lowest BCUT2D eigenvalue weighted by molar-refractivity contribution is -0.189. The fourth-order valence-electron chi connectivity index (χ4n) is 3.43. The van der Waals surface area contributed by atoms with Crippen molar-refractivity contribution in [1.29, 1.82) is 0 Å². The Kier molecular flexibility index (Phi) is 14.5. The molecule has 0 amide bonds. The number of unbranched alkanes of at least 4 members (excludes halogenated alkanes) is 10. The summed E-state index contributed by atoms with van der Waals surface area (Å²) in [6.07, 6.45) is 6.34. The van der Waals surface area contributed by atoms with Crippen LogP contribution in [0.2, 0.25) is 0 Å². The Morgan fingerprint density at radius 2 is 1.34 bits per heavy atom. The predicted molar refractivity (Wildman–Crippen MR) is 110 cm³/mol. The van der Waals surface area contributed by atoms with Crippen molar-refractivity contribution in [3.05, 3.63) is 0 Å².